The van der Waals surface area contributed by atoms with Crippen LogP contribution >= 0.6 is 11.6 Å². The third-order valence-electron chi connectivity index (χ3n) is 14.9. The molecule has 1 spiro atoms. The van der Waals surface area contributed by atoms with E-state index < -0.39 is 17.9 Å². The van der Waals surface area contributed by atoms with E-state index >= 15 is 0 Å². The third kappa shape index (κ3) is 10.1. The number of anilines is 4. The van der Waals surface area contributed by atoms with Crippen LogP contribution in [0, 0.1) is 11.3 Å². The van der Waals surface area contributed by atoms with Gasteiger partial charge in [0.25, 0.3) is 17.4 Å². The highest BCUT2D eigenvalue weighted by Gasteiger charge is 2.49. The molecule has 2 aromatic carbocycles. The molecule has 5 fully saturated rings. The zero-order valence-electron chi connectivity index (χ0n) is 39.8. The van der Waals surface area contributed by atoms with Crippen LogP contribution in [0.25, 0.3) is 10.9 Å². The summed E-state index contributed by atoms with van der Waals surface area (Å²) in [6, 6.07) is 12.3. The summed E-state index contributed by atoms with van der Waals surface area (Å²) in [4.78, 5) is 95.4. The standard InChI is InChI=1S/C50H62ClN11O7/c1-31(2)62-40-8-5-35(21-33(40)23-42(48(62)68)69-27-44(65)52-3)54-45-39(51)24-53-49(56-45)60-18-13-36(14-19-60)61-20-15-50(30-61)28-58(29-50)25-32-11-16-59(17-12-32)37-6-7-38(34(22-37)26-63)47(67)57(4)41-9-10-43(64)55-46(41)66/h5-8,21-24,26,31-32,36,41H,9-20,25,27-30H2,1-4H3,(H,52,65)(H,53,54,56)(H,55,64,66). The molecule has 366 valence electrons. The molecule has 0 radical (unpaired) electrons. The molecular weight excluding hydrogens is 902 g/mol. The Morgan fingerprint density at radius 1 is 0.971 bits per heavy atom. The quantitative estimate of drug-likeness (QED) is 0.118. The van der Waals surface area contributed by atoms with Gasteiger partial charge in [-0.1, -0.05) is 11.6 Å². The lowest BCUT2D eigenvalue weighted by Gasteiger charge is -2.50. The third-order valence-corrected chi connectivity index (χ3v) is 15.2. The van der Waals surface area contributed by atoms with Crippen molar-refractivity contribution in [3.05, 3.63) is 75.2 Å². The highest BCUT2D eigenvalue weighted by Crippen LogP contribution is 2.42. The van der Waals surface area contributed by atoms with Gasteiger partial charge in [-0.25, -0.2) is 4.98 Å². The molecule has 0 saturated carbocycles. The van der Waals surface area contributed by atoms with Gasteiger partial charge in [0.2, 0.25) is 17.8 Å². The molecule has 7 heterocycles. The van der Waals surface area contributed by atoms with Crippen LogP contribution < -0.4 is 36.0 Å². The molecule has 1 atom stereocenters. The fourth-order valence-corrected chi connectivity index (χ4v) is 11.3. The highest BCUT2D eigenvalue weighted by atomic mass is 35.5. The number of carbonyl (C=O) groups excluding carboxylic acids is 5. The molecule has 4 aromatic rings. The minimum atomic E-state index is -0.757. The number of benzene rings is 2. The van der Waals surface area contributed by atoms with Crippen LogP contribution in [0.5, 0.6) is 5.75 Å². The lowest BCUT2D eigenvalue weighted by Crippen LogP contribution is -2.59. The average molecular weight is 965 g/mol. The van der Waals surface area contributed by atoms with Gasteiger partial charge in [-0.2, -0.15) is 4.98 Å². The number of likely N-dealkylation sites (tertiary alicyclic amines) is 2. The van der Waals surface area contributed by atoms with Crippen LogP contribution in [-0.4, -0.2) is 151 Å². The second-order valence-electron chi connectivity index (χ2n) is 19.8. The zero-order chi connectivity index (χ0) is 48.6. The van der Waals surface area contributed by atoms with Crippen LogP contribution in [0.4, 0.5) is 23.1 Å². The summed E-state index contributed by atoms with van der Waals surface area (Å²) in [5, 5.41) is 9.33. The Morgan fingerprint density at radius 3 is 2.43 bits per heavy atom. The number of carbonyl (C=O) groups is 5. The molecule has 18 nitrogen and oxygen atoms in total. The first-order valence-electron chi connectivity index (χ1n) is 24.2. The Balaban J connectivity index is 0.734. The van der Waals surface area contributed by atoms with E-state index in [4.69, 9.17) is 21.3 Å². The largest absolute Gasteiger partial charge is 0.478 e. The number of amides is 4. The SMILES string of the molecule is CNC(=O)COc1cc2cc(Nc3nc(N4CCC(N5CCC6(CN(CC7CCN(c8ccc(C(=O)N(C)C9CCC(=O)NC9=O)c(C=O)c8)CC7)C6)C5)CC4)ncc3Cl)ccc2n(C(C)C)c1=O. The summed E-state index contributed by atoms with van der Waals surface area (Å²) < 4.78 is 7.30. The molecule has 5 aliphatic heterocycles. The first-order valence-corrected chi connectivity index (χ1v) is 24.6. The van der Waals surface area contributed by atoms with Gasteiger partial charge in [0, 0.05) is 113 Å². The fraction of sp³-hybridized carbons (Fsp3) is 0.520. The highest BCUT2D eigenvalue weighted by molar-refractivity contribution is 6.33. The molecule has 0 bridgehead atoms. The molecule has 3 N–H and O–H groups in total. The summed E-state index contributed by atoms with van der Waals surface area (Å²) in [5.41, 5.74) is 3.00. The fourth-order valence-electron chi connectivity index (χ4n) is 11.1. The van der Waals surface area contributed by atoms with Crippen molar-refractivity contribution >= 4 is 75.6 Å². The van der Waals surface area contributed by atoms with Crippen molar-refractivity contribution in [2.45, 2.75) is 76.9 Å². The summed E-state index contributed by atoms with van der Waals surface area (Å²) in [5.74, 6) is 0.241. The summed E-state index contributed by atoms with van der Waals surface area (Å²) >= 11 is 6.65. The van der Waals surface area contributed by atoms with E-state index in [9.17, 15) is 28.8 Å². The molecular formula is C50H62ClN11O7. The van der Waals surface area contributed by atoms with Crippen molar-refractivity contribution in [2.75, 3.05) is 94.7 Å². The first-order chi connectivity index (χ1) is 33.2. The minimum Gasteiger partial charge on any atom is -0.478 e. The van der Waals surface area contributed by atoms with Gasteiger partial charge >= 0.3 is 0 Å². The number of ether oxygens (including phenoxy) is 1. The lowest BCUT2D eigenvalue weighted by molar-refractivity contribution is -0.136. The Labute approximate surface area is 406 Å². The first kappa shape index (κ1) is 47.9. The zero-order valence-corrected chi connectivity index (χ0v) is 40.6. The Hall–Kier alpha value is -6.11. The summed E-state index contributed by atoms with van der Waals surface area (Å²) in [6.45, 7) is 12.7. The second kappa shape index (κ2) is 20.1. The monoisotopic (exact) mass is 963 g/mol. The van der Waals surface area contributed by atoms with Gasteiger partial charge in [-0.05, 0) is 107 Å². The Bertz CT molecular complexity index is 2690. The molecule has 9 rings (SSSR count). The number of hydrogen-bond donors (Lipinski definition) is 3. The number of aromatic nitrogens is 3. The van der Waals surface area contributed by atoms with E-state index in [2.05, 4.69) is 40.5 Å². The number of halogens is 1. The van der Waals surface area contributed by atoms with Gasteiger partial charge in [-0.15, -0.1) is 0 Å². The maximum Gasteiger partial charge on any atom is 0.293 e. The number of fused-ring (bicyclic) bond motifs is 1. The number of hydrogen-bond acceptors (Lipinski definition) is 14. The number of nitrogens with one attached hydrogen (secondary N) is 3. The number of nitrogens with zero attached hydrogens (tertiary/aromatic N) is 8. The average Bonchev–Trinajstić information content (AvgIpc) is 3.79. The van der Waals surface area contributed by atoms with Crippen molar-refractivity contribution in [1.82, 2.24) is 39.9 Å². The summed E-state index contributed by atoms with van der Waals surface area (Å²) in [6.07, 6.45) is 8.18. The maximum atomic E-state index is 13.4. The van der Waals surface area contributed by atoms with Crippen molar-refractivity contribution < 1.29 is 28.7 Å². The van der Waals surface area contributed by atoms with E-state index in [1.54, 1.807) is 29.0 Å². The smallest absolute Gasteiger partial charge is 0.293 e. The molecule has 2 aromatic heterocycles. The predicted molar refractivity (Wildman–Crippen MR) is 264 cm³/mol. The molecule has 1 unspecified atom stereocenters. The minimum absolute atomic E-state index is 0.0992. The number of likely N-dealkylation sites (N-methyl/N-ethyl adjacent to an activating group) is 2. The Morgan fingerprint density at radius 2 is 1.72 bits per heavy atom. The number of pyridine rings is 1. The van der Waals surface area contributed by atoms with Crippen LogP contribution in [0.1, 0.15) is 85.6 Å². The second-order valence-corrected chi connectivity index (χ2v) is 20.2. The Kier molecular flexibility index (Phi) is 14.0. The number of imide groups is 1. The number of rotatable bonds is 14. The molecule has 5 aliphatic rings. The van der Waals surface area contributed by atoms with Crippen molar-refractivity contribution in [1.29, 1.82) is 0 Å². The van der Waals surface area contributed by atoms with E-state index in [0.717, 1.165) is 107 Å². The topological polar surface area (TPSA) is 195 Å². The molecule has 69 heavy (non-hydrogen) atoms. The van der Waals surface area contributed by atoms with Gasteiger partial charge in [0.15, 0.2) is 24.5 Å². The van der Waals surface area contributed by atoms with Crippen LogP contribution in [0.15, 0.2) is 53.5 Å². The maximum absolute atomic E-state index is 13.4. The van der Waals surface area contributed by atoms with Gasteiger partial charge < -0.3 is 39.5 Å². The van der Waals surface area contributed by atoms with E-state index in [-0.39, 0.29) is 54.2 Å². The molecule has 5 saturated heterocycles. The normalized spacial score (nSPS) is 20.3. The number of aldehydes is 1. The predicted octanol–water partition coefficient (Wildman–Crippen LogP) is 4.48. The van der Waals surface area contributed by atoms with E-state index in [1.807, 2.05) is 38.1 Å². The summed E-state index contributed by atoms with van der Waals surface area (Å²) in [7, 11) is 3.05. The van der Waals surface area contributed by atoms with Crippen LogP contribution in [0.3, 0.4) is 0 Å². The van der Waals surface area contributed by atoms with Gasteiger partial charge in [-0.3, -0.25) is 39.0 Å². The van der Waals surface area contributed by atoms with Gasteiger partial charge in [0.05, 0.1) is 17.3 Å². The molecule has 0 aliphatic carbocycles. The van der Waals surface area contributed by atoms with Crippen molar-refractivity contribution in [3.63, 3.8) is 0 Å². The molecule has 4 amide bonds. The number of piperidine rings is 3. The lowest BCUT2D eigenvalue weighted by atomic mass is 9.78. The van der Waals surface area contributed by atoms with Crippen molar-refractivity contribution in [2.24, 2.45) is 11.3 Å². The van der Waals surface area contributed by atoms with E-state index in [0.29, 0.717) is 46.0 Å². The van der Waals surface area contributed by atoms with E-state index in [1.165, 1.54) is 25.4 Å². The molecule has 19 heteroatoms. The van der Waals surface area contributed by atoms with Crippen LogP contribution in [-0.2, 0) is 14.4 Å². The van der Waals surface area contributed by atoms with Crippen LogP contribution in [0.2, 0.25) is 5.02 Å². The van der Waals surface area contributed by atoms with Gasteiger partial charge in [0.1, 0.15) is 11.1 Å². The van der Waals surface area contributed by atoms with Crippen molar-refractivity contribution in [3.8, 4) is 5.75 Å².